The van der Waals surface area contributed by atoms with Crippen molar-refractivity contribution in [3.8, 4) is 45.5 Å². The van der Waals surface area contributed by atoms with Gasteiger partial charge in [0.1, 0.15) is 17.2 Å². The van der Waals surface area contributed by atoms with Crippen LogP contribution < -0.4 is 0 Å². The molecule has 0 aliphatic heterocycles. The highest BCUT2D eigenvalue weighted by Gasteiger charge is 2.18. The molecule has 4 heteroatoms. The fourth-order valence-electron chi connectivity index (χ4n) is 5.94. The summed E-state index contributed by atoms with van der Waals surface area (Å²) < 4.78 is 8.51. The number of hydrogen-bond acceptors (Lipinski definition) is 4. The first kappa shape index (κ1) is 24.1. The van der Waals surface area contributed by atoms with Crippen LogP contribution in [-0.4, -0.2) is 0 Å². The standard InChI is InChI=1S/C38H20N2OS/c39-21-23-6-5-7-24(16-23)27-18-31(25-13-15-36-33(17-25)28-8-1-3-10-35(28)41-36)34(22-40)32(19-27)26-12-14-30-29-9-2-4-11-37(29)42-38(30)20-26/h1-20H. The van der Waals surface area contributed by atoms with E-state index in [9.17, 15) is 10.5 Å². The molecular weight excluding hydrogens is 532 g/mol. The Labute approximate surface area is 245 Å². The maximum absolute atomic E-state index is 10.6. The van der Waals surface area contributed by atoms with Gasteiger partial charge in [-0.05, 0) is 76.9 Å². The van der Waals surface area contributed by atoms with Crippen LogP contribution in [0.4, 0.5) is 0 Å². The van der Waals surface area contributed by atoms with Crippen molar-refractivity contribution in [1.29, 1.82) is 10.5 Å². The van der Waals surface area contributed by atoms with E-state index in [4.69, 9.17) is 4.42 Å². The molecule has 0 radical (unpaired) electrons. The predicted molar refractivity (Wildman–Crippen MR) is 172 cm³/mol. The summed E-state index contributed by atoms with van der Waals surface area (Å²) in [6.45, 7) is 0. The van der Waals surface area contributed by atoms with Gasteiger partial charge in [0, 0.05) is 42.1 Å². The third-order valence-corrected chi connectivity index (χ3v) is 9.09. The molecule has 0 N–H and O–H groups in total. The number of thiophene rings is 1. The quantitative estimate of drug-likeness (QED) is 0.219. The van der Waals surface area contributed by atoms with Crippen molar-refractivity contribution in [3.05, 3.63) is 132 Å². The van der Waals surface area contributed by atoms with Gasteiger partial charge in [-0.15, -0.1) is 11.3 Å². The molecule has 6 aromatic carbocycles. The van der Waals surface area contributed by atoms with E-state index >= 15 is 0 Å². The van der Waals surface area contributed by atoms with Crippen LogP contribution in [0.2, 0.25) is 0 Å². The first-order chi connectivity index (χ1) is 20.7. The van der Waals surface area contributed by atoms with E-state index in [2.05, 4.69) is 78.9 Å². The van der Waals surface area contributed by atoms with Crippen LogP contribution in [0.5, 0.6) is 0 Å². The van der Waals surface area contributed by atoms with E-state index in [1.54, 1.807) is 11.3 Å². The van der Waals surface area contributed by atoms with Crippen molar-refractivity contribution >= 4 is 53.4 Å². The second-order valence-corrected chi connectivity index (χ2v) is 11.5. The van der Waals surface area contributed by atoms with Gasteiger partial charge in [0.2, 0.25) is 0 Å². The highest BCUT2D eigenvalue weighted by Crippen LogP contribution is 2.42. The Balaban J connectivity index is 1.41. The first-order valence-corrected chi connectivity index (χ1v) is 14.4. The number of furan rings is 1. The molecule has 0 amide bonds. The lowest BCUT2D eigenvalue weighted by molar-refractivity contribution is 0.669. The smallest absolute Gasteiger partial charge is 0.135 e. The van der Waals surface area contributed by atoms with Crippen LogP contribution >= 0.6 is 11.3 Å². The van der Waals surface area contributed by atoms with Gasteiger partial charge in [0.15, 0.2) is 0 Å². The molecule has 0 saturated heterocycles. The zero-order valence-corrected chi connectivity index (χ0v) is 23.1. The second-order valence-electron chi connectivity index (χ2n) is 10.4. The first-order valence-electron chi connectivity index (χ1n) is 13.6. The minimum absolute atomic E-state index is 0.595. The number of benzene rings is 6. The molecule has 8 rings (SSSR count). The van der Waals surface area contributed by atoms with Gasteiger partial charge < -0.3 is 4.42 Å². The molecule has 0 bridgehead atoms. The van der Waals surface area contributed by atoms with Gasteiger partial charge in [-0.1, -0.05) is 66.7 Å². The number of para-hydroxylation sites is 1. The number of nitriles is 2. The Hall–Kier alpha value is -5.68. The Morgan fingerprint density at radius 1 is 0.476 bits per heavy atom. The van der Waals surface area contributed by atoms with Gasteiger partial charge in [-0.2, -0.15) is 10.5 Å². The molecule has 0 aliphatic carbocycles. The van der Waals surface area contributed by atoms with Gasteiger partial charge in [-0.25, -0.2) is 0 Å². The van der Waals surface area contributed by atoms with E-state index in [-0.39, 0.29) is 0 Å². The summed E-state index contributed by atoms with van der Waals surface area (Å²) in [5.74, 6) is 0. The summed E-state index contributed by atoms with van der Waals surface area (Å²) >= 11 is 1.76. The van der Waals surface area contributed by atoms with Crippen molar-refractivity contribution in [3.63, 3.8) is 0 Å². The third-order valence-electron chi connectivity index (χ3n) is 7.95. The molecule has 0 fully saturated rings. The Morgan fingerprint density at radius 3 is 2.02 bits per heavy atom. The summed E-state index contributed by atoms with van der Waals surface area (Å²) in [4.78, 5) is 0. The van der Waals surface area contributed by atoms with Gasteiger partial charge >= 0.3 is 0 Å². The molecule has 0 aliphatic rings. The van der Waals surface area contributed by atoms with Crippen molar-refractivity contribution in [1.82, 2.24) is 0 Å². The maximum Gasteiger partial charge on any atom is 0.135 e. The van der Waals surface area contributed by atoms with Crippen LogP contribution in [0, 0.1) is 22.7 Å². The van der Waals surface area contributed by atoms with Gasteiger partial charge in [0.25, 0.3) is 0 Å². The van der Waals surface area contributed by atoms with Crippen LogP contribution in [0.25, 0.3) is 75.5 Å². The molecule has 0 atom stereocenters. The third kappa shape index (κ3) is 3.79. The molecule has 8 aromatic rings. The highest BCUT2D eigenvalue weighted by molar-refractivity contribution is 7.25. The van der Waals surface area contributed by atoms with Crippen molar-refractivity contribution in [2.24, 2.45) is 0 Å². The Kier molecular flexibility index (Phi) is 5.44. The zero-order chi connectivity index (χ0) is 28.2. The van der Waals surface area contributed by atoms with Gasteiger partial charge in [-0.3, -0.25) is 0 Å². The maximum atomic E-state index is 10.6. The number of nitrogens with zero attached hydrogens (tertiary/aromatic N) is 2. The normalized spacial score (nSPS) is 11.3. The summed E-state index contributed by atoms with van der Waals surface area (Å²) in [6.07, 6.45) is 0. The fourth-order valence-corrected chi connectivity index (χ4v) is 7.09. The lowest BCUT2D eigenvalue weighted by Gasteiger charge is -2.15. The van der Waals surface area contributed by atoms with Crippen LogP contribution in [0.3, 0.4) is 0 Å². The van der Waals surface area contributed by atoms with E-state index in [1.807, 2.05) is 54.6 Å². The number of hydrogen-bond donors (Lipinski definition) is 0. The minimum atomic E-state index is 0.595. The summed E-state index contributed by atoms with van der Waals surface area (Å²) in [6, 6.07) is 45.6. The minimum Gasteiger partial charge on any atom is -0.456 e. The molecule has 42 heavy (non-hydrogen) atoms. The SMILES string of the molecule is N#Cc1cccc(-c2cc(-c3ccc4c(c3)sc3ccccc34)c(C#N)c(-c3ccc4oc5ccccc5c4c3)c2)c1. The highest BCUT2D eigenvalue weighted by atomic mass is 32.1. The van der Waals surface area contributed by atoms with E-state index in [0.717, 1.165) is 55.3 Å². The lowest BCUT2D eigenvalue weighted by atomic mass is 9.87. The predicted octanol–water partition coefficient (Wildman–Crippen LogP) is 10.7. The number of fused-ring (bicyclic) bond motifs is 6. The van der Waals surface area contributed by atoms with E-state index < -0.39 is 0 Å². The molecule has 3 nitrogen and oxygen atoms in total. The fraction of sp³-hybridized carbons (Fsp3) is 0. The van der Waals surface area contributed by atoms with Crippen molar-refractivity contribution in [2.75, 3.05) is 0 Å². The van der Waals surface area contributed by atoms with E-state index in [0.29, 0.717) is 11.1 Å². The number of rotatable bonds is 3. The second kappa shape index (κ2) is 9.46. The van der Waals surface area contributed by atoms with Crippen LogP contribution in [0.15, 0.2) is 126 Å². The van der Waals surface area contributed by atoms with Crippen molar-refractivity contribution in [2.45, 2.75) is 0 Å². The molecule has 0 saturated carbocycles. The topological polar surface area (TPSA) is 60.7 Å². The average molecular weight is 553 g/mol. The lowest BCUT2D eigenvalue weighted by Crippen LogP contribution is -1.93. The molecule has 0 spiro atoms. The van der Waals surface area contributed by atoms with Crippen LogP contribution in [0.1, 0.15) is 11.1 Å². The van der Waals surface area contributed by atoms with Crippen molar-refractivity contribution < 1.29 is 4.42 Å². The molecule has 194 valence electrons. The Bertz CT molecular complexity index is 2450. The summed E-state index contributed by atoms with van der Waals surface area (Å²) in [5, 5.41) is 24.7. The molecule has 2 aromatic heterocycles. The average Bonchev–Trinajstić information content (AvgIpc) is 3.61. The van der Waals surface area contributed by atoms with E-state index in [1.165, 1.54) is 20.2 Å². The molecular formula is C38H20N2OS. The summed E-state index contributed by atoms with van der Waals surface area (Å²) in [7, 11) is 0. The zero-order valence-electron chi connectivity index (χ0n) is 22.3. The Morgan fingerprint density at radius 2 is 1.19 bits per heavy atom. The largest absolute Gasteiger partial charge is 0.456 e. The van der Waals surface area contributed by atoms with Gasteiger partial charge in [0.05, 0.1) is 17.2 Å². The summed E-state index contributed by atoms with van der Waals surface area (Å²) in [5.41, 5.74) is 8.37. The monoisotopic (exact) mass is 552 g/mol. The molecule has 0 unspecified atom stereocenters. The molecule has 2 heterocycles. The van der Waals surface area contributed by atoms with Crippen LogP contribution in [-0.2, 0) is 0 Å².